The number of rotatable bonds is 3. The number of aliphatic imine (C=N–C) groups is 1. The van der Waals surface area contributed by atoms with Crippen LogP contribution in [0.3, 0.4) is 0 Å². The Morgan fingerprint density at radius 1 is 1.47 bits per heavy atom. The molecule has 0 saturated carbocycles. The minimum atomic E-state index is -0.475. The van der Waals surface area contributed by atoms with Crippen LogP contribution in [0.1, 0.15) is 34.1 Å². The highest BCUT2D eigenvalue weighted by Gasteiger charge is 2.09. The lowest BCUT2D eigenvalue weighted by molar-refractivity contribution is 0.0995. The van der Waals surface area contributed by atoms with Gasteiger partial charge in [-0.3, -0.25) is 9.59 Å². The van der Waals surface area contributed by atoms with Crippen molar-refractivity contribution in [3.63, 3.8) is 0 Å². The van der Waals surface area contributed by atoms with E-state index in [0.717, 1.165) is 0 Å². The van der Waals surface area contributed by atoms with Crippen LogP contribution in [0.2, 0.25) is 0 Å². The largest absolute Gasteiger partial charge is 0.387 e. The number of hydrogen-bond donors (Lipinski definition) is 1. The summed E-state index contributed by atoms with van der Waals surface area (Å²) in [5.41, 5.74) is 6.05. The van der Waals surface area contributed by atoms with E-state index in [1.807, 2.05) is 0 Å². The normalized spacial score (nSPS) is 11.1. The SMILES string of the molecule is CCC(N)=NC(=O)c1ccccc1C=O. The summed E-state index contributed by atoms with van der Waals surface area (Å²) in [6, 6.07) is 6.49. The van der Waals surface area contributed by atoms with Gasteiger partial charge in [-0.25, -0.2) is 0 Å². The molecule has 0 unspecified atom stereocenters. The Hall–Kier alpha value is -1.97. The zero-order valence-electron chi connectivity index (χ0n) is 8.43. The Balaban J connectivity index is 3.06. The van der Waals surface area contributed by atoms with E-state index in [1.165, 1.54) is 0 Å². The first kappa shape index (κ1) is 11.1. The van der Waals surface area contributed by atoms with Crippen molar-refractivity contribution in [1.29, 1.82) is 0 Å². The third kappa shape index (κ3) is 2.74. The van der Waals surface area contributed by atoms with Crippen LogP contribution in [0, 0.1) is 0 Å². The number of carbonyl (C=O) groups is 2. The lowest BCUT2D eigenvalue weighted by atomic mass is 10.1. The van der Waals surface area contributed by atoms with Crippen LogP contribution in [0.15, 0.2) is 29.3 Å². The minimum absolute atomic E-state index is 0.265. The van der Waals surface area contributed by atoms with Crippen molar-refractivity contribution in [1.82, 2.24) is 0 Å². The summed E-state index contributed by atoms with van der Waals surface area (Å²) in [6.07, 6.45) is 1.14. The molecule has 0 aromatic heterocycles. The first-order valence-corrected chi connectivity index (χ1v) is 4.60. The molecule has 1 rings (SSSR count). The highest BCUT2D eigenvalue weighted by molar-refractivity contribution is 6.06. The molecule has 1 aromatic carbocycles. The Kier molecular flexibility index (Phi) is 3.74. The third-order valence-electron chi connectivity index (χ3n) is 1.93. The standard InChI is InChI=1S/C11H12N2O2/c1-2-10(12)13-11(15)9-6-4-3-5-8(9)7-14/h3-7H,2H2,1H3,(H2,12,13,15). The van der Waals surface area contributed by atoms with Crippen LogP contribution in [-0.2, 0) is 0 Å². The van der Waals surface area contributed by atoms with Crippen LogP contribution < -0.4 is 5.73 Å². The van der Waals surface area contributed by atoms with Crippen LogP contribution in [0.5, 0.6) is 0 Å². The summed E-state index contributed by atoms with van der Waals surface area (Å²) in [6.45, 7) is 1.80. The Bertz CT molecular complexity index is 411. The maximum absolute atomic E-state index is 11.6. The van der Waals surface area contributed by atoms with Gasteiger partial charge in [0.15, 0.2) is 6.29 Å². The number of amides is 1. The first-order chi connectivity index (χ1) is 7.19. The molecule has 0 radical (unpaired) electrons. The molecule has 4 nitrogen and oxygen atoms in total. The molecule has 0 aliphatic heterocycles. The van der Waals surface area contributed by atoms with Crippen molar-refractivity contribution >= 4 is 18.0 Å². The number of benzene rings is 1. The number of carbonyl (C=O) groups excluding carboxylic acids is 2. The molecule has 2 N–H and O–H groups in total. The lowest BCUT2D eigenvalue weighted by Crippen LogP contribution is -2.13. The van der Waals surface area contributed by atoms with Crippen molar-refractivity contribution in [2.24, 2.45) is 10.7 Å². The van der Waals surface area contributed by atoms with Crippen molar-refractivity contribution < 1.29 is 9.59 Å². The third-order valence-corrected chi connectivity index (χ3v) is 1.93. The van der Waals surface area contributed by atoms with Gasteiger partial charge >= 0.3 is 0 Å². The quantitative estimate of drug-likeness (QED) is 0.459. The van der Waals surface area contributed by atoms with Gasteiger partial charge in [-0.15, -0.1) is 0 Å². The molecule has 1 amide bonds. The number of nitrogens with zero attached hydrogens (tertiary/aromatic N) is 1. The molecule has 0 heterocycles. The zero-order chi connectivity index (χ0) is 11.3. The van der Waals surface area contributed by atoms with Gasteiger partial charge in [0, 0.05) is 12.0 Å². The topological polar surface area (TPSA) is 72.5 Å². The van der Waals surface area contributed by atoms with E-state index >= 15 is 0 Å². The van der Waals surface area contributed by atoms with Gasteiger partial charge in [0.1, 0.15) is 5.84 Å². The monoisotopic (exact) mass is 204 g/mol. The fourth-order valence-electron chi connectivity index (χ4n) is 1.06. The van der Waals surface area contributed by atoms with Crippen LogP contribution in [0.4, 0.5) is 0 Å². The second-order valence-electron chi connectivity index (χ2n) is 2.97. The van der Waals surface area contributed by atoms with Gasteiger partial charge in [0.2, 0.25) is 0 Å². The average molecular weight is 204 g/mol. The smallest absolute Gasteiger partial charge is 0.279 e. The molecule has 0 atom stereocenters. The Morgan fingerprint density at radius 3 is 2.73 bits per heavy atom. The highest BCUT2D eigenvalue weighted by Crippen LogP contribution is 2.07. The predicted octanol–water partition coefficient (Wildman–Crippen LogP) is 1.41. The summed E-state index contributed by atoms with van der Waals surface area (Å²) in [7, 11) is 0. The average Bonchev–Trinajstić information content (AvgIpc) is 2.28. The van der Waals surface area contributed by atoms with Crippen LogP contribution in [0.25, 0.3) is 0 Å². The molecule has 0 fully saturated rings. The van der Waals surface area contributed by atoms with E-state index < -0.39 is 5.91 Å². The molecule has 1 aromatic rings. The zero-order valence-corrected chi connectivity index (χ0v) is 8.43. The molecule has 78 valence electrons. The van der Waals surface area contributed by atoms with Crippen molar-refractivity contribution in [2.75, 3.05) is 0 Å². The maximum Gasteiger partial charge on any atom is 0.279 e. The van der Waals surface area contributed by atoms with E-state index in [1.54, 1.807) is 31.2 Å². The Morgan fingerprint density at radius 2 is 2.13 bits per heavy atom. The fourth-order valence-corrected chi connectivity index (χ4v) is 1.06. The van der Waals surface area contributed by atoms with Gasteiger partial charge in [0.25, 0.3) is 5.91 Å². The molecule has 15 heavy (non-hydrogen) atoms. The van der Waals surface area contributed by atoms with E-state index in [4.69, 9.17) is 5.73 Å². The predicted molar refractivity (Wildman–Crippen MR) is 58.1 cm³/mol. The maximum atomic E-state index is 11.6. The van der Waals surface area contributed by atoms with E-state index in [0.29, 0.717) is 18.3 Å². The number of hydrogen-bond acceptors (Lipinski definition) is 2. The van der Waals surface area contributed by atoms with Crippen LogP contribution in [-0.4, -0.2) is 18.0 Å². The summed E-state index contributed by atoms with van der Waals surface area (Å²) in [4.78, 5) is 25.9. The van der Waals surface area contributed by atoms with Crippen LogP contribution >= 0.6 is 0 Å². The van der Waals surface area contributed by atoms with E-state index in [-0.39, 0.29) is 11.4 Å². The van der Waals surface area contributed by atoms with Gasteiger partial charge in [0.05, 0.1) is 5.56 Å². The molecular weight excluding hydrogens is 192 g/mol. The molecule has 0 spiro atoms. The van der Waals surface area contributed by atoms with E-state index in [9.17, 15) is 9.59 Å². The summed E-state index contributed by atoms with van der Waals surface area (Å²) in [5, 5.41) is 0. The summed E-state index contributed by atoms with van der Waals surface area (Å²) < 4.78 is 0. The molecular formula is C11H12N2O2. The summed E-state index contributed by atoms with van der Waals surface area (Å²) >= 11 is 0. The number of aldehydes is 1. The van der Waals surface area contributed by atoms with Gasteiger partial charge in [-0.1, -0.05) is 25.1 Å². The minimum Gasteiger partial charge on any atom is -0.387 e. The number of amidine groups is 1. The fraction of sp³-hybridized carbons (Fsp3) is 0.182. The van der Waals surface area contributed by atoms with Gasteiger partial charge < -0.3 is 5.73 Å². The Labute approximate surface area is 87.8 Å². The van der Waals surface area contributed by atoms with Crippen molar-refractivity contribution in [3.8, 4) is 0 Å². The highest BCUT2D eigenvalue weighted by atomic mass is 16.1. The second kappa shape index (κ2) is 5.05. The molecule has 0 aliphatic rings. The molecule has 4 heteroatoms. The van der Waals surface area contributed by atoms with Gasteiger partial charge in [-0.05, 0) is 6.07 Å². The molecule has 0 bridgehead atoms. The number of nitrogens with two attached hydrogens (primary N) is 1. The first-order valence-electron chi connectivity index (χ1n) is 4.60. The second-order valence-corrected chi connectivity index (χ2v) is 2.97. The lowest BCUT2D eigenvalue weighted by Gasteiger charge is -1.99. The van der Waals surface area contributed by atoms with Gasteiger partial charge in [-0.2, -0.15) is 4.99 Å². The van der Waals surface area contributed by atoms with Crippen molar-refractivity contribution in [2.45, 2.75) is 13.3 Å². The van der Waals surface area contributed by atoms with E-state index in [2.05, 4.69) is 4.99 Å². The van der Waals surface area contributed by atoms with Crippen molar-refractivity contribution in [3.05, 3.63) is 35.4 Å². The molecule has 0 saturated heterocycles. The summed E-state index contributed by atoms with van der Waals surface area (Å²) in [5.74, 6) is -0.210. The molecule has 0 aliphatic carbocycles.